The van der Waals surface area contributed by atoms with E-state index < -0.39 is 23.4 Å². The summed E-state index contributed by atoms with van der Waals surface area (Å²) in [5.41, 5.74) is 2.56. The van der Waals surface area contributed by atoms with Gasteiger partial charge in [0.1, 0.15) is 0 Å². The molecule has 1 amide bonds. The van der Waals surface area contributed by atoms with Crippen LogP contribution in [0.15, 0.2) is 48.7 Å². The van der Waals surface area contributed by atoms with Crippen molar-refractivity contribution in [2.45, 2.75) is 13.3 Å². The average Bonchev–Trinajstić information content (AvgIpc) is 3.09. The van der Waals surface area contributed by atoms with Crippen LogP contribution >= 0.6 is 0 Å². The second-order valence-electron chi connectivity index (χ2n) is 6.29. The van der Waals surface area contributed by atoms with Crippen LogP contribution < -0.4 is 5.32 Å². The highest BCUT2D eigenvalue weighted by molar-refractivity contribution is 5.92. The van der Waals surface area contributed by atoms with Crippen LogP contribution in [0.3, 0.4) is 0 Å². The van der Waals surface area contributed by atoms with Gasteiger partial charge in [-0.15, -0.1) is 0 Å². The minimum Gasteiger partial charge on any atom is -0.452 e. The molecule has 8 heteroatoms. The molecule has 0 bridgehead atoms. The lowest BCUT2D eigenvalue weighted by Crippen LogP contribution is -2.30. The SMILES string of the molecule is Cc1cc(C(=O)OCC(=O)NCCc2c[nH]c3ccccc23)ccc1[N+](=O)[O-]. The molecule has 2 aromatic carbocycles. The number of rotatable bonds is 7. The predicted octanol–water partition coefficient (Wildman–Crippen LogP) is 2.90. The molecule has 0 fully saturated rings. The molecule has 0 spiro atoms. The second kappa shape index (κ2) is 8.34. The minimum atomic E-state index is -0.704. The van der Waals surface area contributed by atoms with E-state index in [4.69, 9.17) is 4.74 Å². The summed E-state index contributed by atoms with van der Waals surface area (Å²) in [6, 6.07) is 11.8. The highest BCUT2D eigenvalue weighted by Gasteiger charge is 2.15. The maximum atomic E-state index is 12.0. The number of hydrogen-bond acceptors (Lipinski definition) is 5. The van der Waals surface area contributed by atoms with Gasteiger partial charge in [-0.05, 0) is 37.1 Å². The third kappa shape index (κ3) is 4.35. The molecular formula is C20H19N3O5. The van der Waals surface area contributed by atoms with E-state index in [1.165, 1.54) is 25.1 Å². The number of amides is 1. The molecule has 0 saturated carbocycles. The van der Waals surface area contributed by atoms with Crippen LogP contribution in [0.5, 0.6) is 0 Å². The van der Waals surface area contributed by atoms with Gasteiger partial charge in [0.15, 0.2) is 6.61 Å². The van der Waals surface area contributed by atoms with E-state index in [2.05, 4.69) is 10.3 Å². The van der Waals surface area contributed by atoms with Crippen molar-refractivity contribution in [3.63, 3.8) is 0 Å². The van der Waals surface area contributed by atoms with Gasteiger partial charge in [0.05, 0.1) is 10.5 Å². The lowest BCUT2D eigenvalue weighted by atomic mass is 10.1. The first-order valence-electron chi connectivity index (χ1n) is 8.69. The van der Waals surface area contributed by atoms with Gasteiger partial charge in [-0.25, -0.2) is 4.79 Å². The molecule has 0 unspecified atom stereocenters. The molecule has 3 rings (SSSR count). The first kappa shape index (κ1) is 19.1. The Bertz CT molecular complexity index is 1040. The molecule has 0 atom stereocenters. The number of H-pyrrole nitrogens is 1. The van der Waals surface area contributed by atoms with E-state index in [9.17, 15) is 19.7 Å². The number of hydrogen-bond donors (Lipinski definition) is 2. The number of aromatic amines is 1. The van der Waals surface area contributed by atoms with Gasteiger partial charge in [-0.1, -0.05) is 18.2 Å². The summed E-state index contributed by atoms with van der Waals surface area (Å²) in [6.45, 7) is 1.53. The Morgan fingerprint density at radius 3 is 2.75 bits per heavy atom. The Balaban J connectivity index is 1.47. The predicted molar refractivity (Wildman–Crippen MR) is 103 cm³/mol. The normalized spacial score (nSPS) is 10.6. The van der Waals surface area contributed by atoms with E-state index in [0.717, 1.165) is 16.5 Å². The van der Waals surface area contributed by atoms with Gasteiger partial charge in [0.25, 0.3) is 11.6 Å². The van der Waals surface area contributed by atoms with E-state index in [-0.39, 0.29) is 11.3 Å². The van der Waals surface area contributed by atoms with Gasteiger partial charge >= 0.3 is 5.97 Å². The number of fused-ring (bicyclic) bond motifs is 1. The van der Waals surface area contributed by atoms with Crippen LogP contribution in [0, 0.1) is 17.0 Å². The van der Waals surface area contributed by atoms with Crippen LogP contribution in [-0.2, 0) is 16.0 Å². The van der Waals surface area contributed by atoms with E-state index in [0.29, 0.717) is 18.5 Å². The standard InChI is InChI=1S/C20H19N3O5/c1-13-10-14(6-7-18(13)23(26)27)20(25)28-12-19(24)21-9-8-15-11-22-17-5-3-2-4-16(15)17/h2-7,10-11,22H,8-9,12H2,1H3,(H,21,24). The first-order valence-corrected chi connectivity index (χ1v) is 8.69. The number of nitro groups is 1. The topological polar surface area (TPSA) is 114 Å². The van der Waals surface area contributed by atoms with Crippen LogP contribution in [0.4, 0.5) is 5.69 Å². The Morgan fingerprint density at radius 1 is 1.21 bits per heavy atom. The maximum Gasteiger partial charge on any atom is 0.338 e. The number of aromatic nitrogens is 1. The summed E-state index contributed by atoms with van der Waals surface area (Å²) < 4.78 is 4.98. The fourth-order valence-corrected chi connectivity index (χ4v) is 2.93. The number of aryl methyl sites for hydroxylation is 1. The van der Waals surface area contributed by atoms with E-state index in [1.54, 1.807) is 0 Å². The van der Waals surface area contributed by atoms with Crippen molar-refractivity contribution in [1.82, 2.24) is 10.3 Å². The van der Waals surface area contributed by atoms with Crippen molar-refractivity contribution in [2.75, 3.05) is 13.2 Å². The summed E-state index contributed by atoms with van der Waals surface area (Å²) >= 11 is 0. The number of carbonyl (C=O) groups excluding carboxylic acids is 2. The zero-order valence-electron chi connectivity index (χ0n) is 15.2. The fourth-order valence-electron chi connectivity index (χ4n) is 2.93. The average molecular weight is 381 g/mol. The minimum absolute atomic E-state index is 0.0772. The van der Waals surface area contributed by atoms with Crippen molar-refractivity contribution in [3.05, 3.63) is 75.5 Å². The van der Waals surface area contributed by atoms with Crippen LogP contribution in [0.1, 0.15) is 21.5 Å². The summed E-state index contributed by atoms with van der Waals surface area (Å²) in [6.07, 6.45) is 2.55. The molecule has 28 heavy (non-hydrogen) atoms. The molecule has 1 aromatic heterocycles. The number of nitrogens with one attached hydrogen (secondary N) is 2. The number of para-hydroxylation sites is 1. The number of benzene rings is 2. The van der Waals surface area contributed by atoms with E-state index >= 15 is 0 Å². The summed E-state index contributed by atoms with van der Waals surface area (Å²) in [5.74, 6) is -1.11. The van der Waals surface area contributed by atoms with Gasteiger partial charge in [0.2, 0.25) is 0 Å². The lowest BCUT2D eigenvalue weighted by molar-refractivity contribution is -0.385. The molecule has 8 nitrogen and oxygen atoms in total. The number of esters is 1. The highest BCUT2D eigenvalue weighted by Crippen LogP contribution is 2.19. The molecule has 0 saturated heterocycles. The monoisotopic (exact) mass is 381 g/mol. The molecule has 3 aromatic rings. The molecule has 2 N–H and O–H groups in total. The Morgan fingerprint density at radius 2 is 2.00 bits per heavy atom. The van der Waals surface area contributed by atoms with E-state index in [1.807, 2.05) is 30.5 Å². The summed E-state index contributed by atoms with van der Waals surface area (Å²) in [7, 11) is 0. The van der Waals surface area contributed by atoms with Gasteiger partial charge < -0.3 is 15.0 Å². The molecule has 0 radical (unpaired) electrons. The zero-order valence-corrected chi connectivity index (χ0v) is 15.2. The fraction of sp³-hybridized carbons (Fsp3) is 0.200. The lowest BCUT2D eigenvalue weighted by Gasteiger charge is -2.07. The van der Waals surface area contributed by atoms with Crippen molar-refractivity contribution in [3.8, 4) is 0 Å². The number of nitrogens with zero attached hydrogens (tertiary/aromatic N) is 1. The highest BCUT2D eigenvalue weighted by atomic mass is 16.6. The van der Waals surface area contributed by atoms with Crippen molar-refractivity contribution >= 4 is 28.5 Å². The Labute approximate surface area is 160 Å². The second-order valence-corrected chi connectivity index (χ2v) is 6.29. The van der Waals surface area contributed by atoms with Crippen LogP contribution in [0.2, 0.25) is 0 Å². The number of ether oxygens (including phenoxy) is 1. The Kier molecular flexibility index (Phi) is 5.69. The Hall–Kier alpha value is -3.68. The number of carbonyl (C=O) groups is 2. The van der Waals surface area contributed by atoms with Crippen molar-refractivity contribution in [2.24, 2.45) is 0 Å². The van der Waals surface area contributed by atoms with Gasteiger partial charge in [0, 0.05) is 35.3 Å². The summed E-state index contributed by atoms with van der Waals surface area (Å²) in [5, 5.41) is 14.6. The maximum absolute atomic E-state index is 12.0. The molecule has 0 aliphatic rings. The molecule has 1 heterocycles. The molecule has 0 aliphatic carbocycles. The van der Waals surface area contributed by atoms with Crippen LogP contribution in [-0.4, -0.2) is 34.9 Å². The quantitative estimate of drug-likeness (QED) is 0.371. The third-order valence-electron chi connectivity index (χ3n) is 4.35. The van der Waals surface area contributed by atoms with Gasteiger partial charge in [-0.3, -0.25) is 14.9 Å². The smallest absolute Gasteiger partial charge is 0.338 e. The number of nitro benzene ring substituents is 1. The van der Waals surface area contributed by atoms with Crippen molar-refractivity contribution < 1.29 is 19.2 Å². The van der Waals surface area contributed by atoms with Crippen molar-refractivity contribution in [1.29, 1.82) is 0 Å². The summed E-state index contributed by atoms with van der Waals surface area (Å²) in [4.78, 5) is 37.4. The molecule has 0 aliphatic heterocycles. The molecule has 144 valence electrons. The van der Waals surface area contributed by atoms with Gasteiger partial charge in [-0.2, -0.15) is 0 Å². The first-order chi connectivity index (χ1) is 13.5. The van der Waals surface area contributed by atoms with Crippen LogP contribution in [0.25, 0.3) is 10.9 Å². The zero-order chi connectivity index (χ0) is 20.1. The third-order valence-corrected chi connectivity index (χ3v) is 4.35. The molecular weight excluding hydrogens is 362 g/mol. The largest absolute Gasteiger partial charge is 0.452 e.